The monoisotopic (exact) mass is 428 g/mol. The van der Waals surface area contributed by atoms with Gasteiger partial charge < -0.3 is 15.0 Å². The lowest BCUT2D eigenvalue weighted by molar-refractivity contribution is -0.125. The van der Waals surface area contributed by atoms with Crippen LogP contribution in [-0.4, -0.2) is 17.9 Å². The van der Waals surface area contributed by atoms with Gasteiger partial charge in [-0.2, -0.15) is 0 Å². The minimum atomic E-state index is -0.562. The van der Waals surface area contributed by atoms with Crippen molar-refractivity contribution < 1.29 is 14.3 Å². The fourth-order valence-corrected chi connectivity index (χ4v) is 3.74. The van der Waals surface area contributed by atoms with E-state index in [1.54, 1.807) is 30.0 Å². The lowest BCUT2D eigenvalue weighted by Gasteiger charge is -2.33. The third-order valence-electron chi connectivity index (χ3n) is 5.62. The second-order valence-corrected chi connectivity index (χ2v) is 9.13. The molecule has 0 aromatic heterocycles. The van der Waals surface area contributed by atoms with Crippen LogP contribution in [0.15, 0.2) is 72.8 Å². The summed E-state index contributed by atoms with van der Waals surface area (Å²) < 4.78 is 5.80. The normalized spacial score (nSPS) is 15.7. The van der Waals surface area contributed by atoms with E-state index in [-0.39, 0.29) is 17.2 Å². The van der Waals surface area contributed by atoms with Crippen LogP contribution in [0, 0.1) is 0 Å². The number of hydrogen-bond donors (Lipinski definition) is 1. The van der Waals surface area contributed by atoms with Gasteiger partial charge in [0, 0.05) is 11.3 Å². The number of benzene rings is 3. The van der Waals surface area contributed by atoms with Crippen molar-refractivity contribution in [3.8, 4) is 5.75 Å². The van der Waals surface area contributed by atoms with E-state index in [4.69, 9.17) is 4.74 Å². The Balaban J connectivity index is 1.58. The van der Waals surface area contributed by atoms with Gasteiger partial charge in [0.25, 0.3) is 11.8 Å². The minimum absolute atomic E-state index is 0.0272. The van der Waals surface area contributed by atoms with Gasteiger partial charge in [-0.1, -0.05) is 63.2 Å². The topological polar surface area (TPSA) is 58.6 Å². The molecule has 0 saturated carbocycles. The second kappa shape index (κ2) is 8.50. The first-order chi connectivity index (χ1) is 15.2. The molecule has 0 spiro atoms. The predicted octanol–water partition coefficient (Wildman–Crippen LogP) is 5.55. The van der Waals surface area contributed by atoms with E-state index in [9.17, 15) is 9.59 Å². The van der Waals surface area contributed by atoms with Crippen LogP contribution in [0.2, 0.25) is 0 Å². The fourth-order valence-electron chi connectivity index (χ4n) is 3.74. The highest BCUT2D eigenvalue weighted by Crippen LogP contribution is 2.37. The van der Waals surface area contributed by atoms with Crippen LogP contribution in [0.25, 0.3) is 0 Å². The van der Waals surface area contributed by atoms with E-state index < -0.39 is 6.10 Å². The Morgan fingerprint density at radius 1 is 1.00 bits per heavy atom. The molecule has 2 amide bonds. The molecule has 0 saturated heterocycles. The lowest BCUT2D eigenvalue weighted by atomic mass is 9.87. The first-order valence-electron chi connectivity index (χ1n) is 10.8. The number of hydrogen-bond acceptors (Lipinski definition) is 3. The second-order valence-electron chi connectivity index (χ2n) is 9.13. The molecule has 0 bridgehead atoms. The molecule has 164 valence electrons. The lowest BCUT2D eigenvalue weighted by Crippen LogP contribution is -2.44. The van der Waals surface area contributed by atoms with E-state index in [1.165, 1.54) is 5.56 Å². The summed E-state index contributed by atoms with van der Waals surface area (Å²) >= 11 is 0. The van der Waals surface area contributed by atoms with Crippen molar-refractivity contribution in [2.45, 2.75) is 45.8 Å². The van der Waals surface area contributed by atoms with Crippen LogP contribution < -0.4 is 15.0 Å². The number of carbonyl (C=O) groups excluding carboxylic acids is 2. The molecule has 5 heteroatoms. The number of anilines is 2. The Hall–Kier alpha value is -3.60. The maximum atomic E-state index is 12.9. The van der Waals surface area contributed by atoms with Crippen molar-refractivity contribution >= 4 is 23.2 Å². The van der Waals surface area contributed by atoms with E-state index in [0.717, 1.165) is 5.56 Å². The highest BCUT2D eigenvalue weighted by molar-refractivity contribution is 6.05. The zero-order valence-electron chi connectivity index (χ0n) is 18.9. The Kier molecular flexibility index (Phi) is 5.74. The van der Waals surface area contributed by atoms with Crippen LogP contribution in [-0.2, 0) is 16.8 Å². The Morgan fingerprint density at radius 2 is 1.69 bits per heavy atom. The molecular formula is C27H28N2O3. The van der Waals surface area contributed by atoms with E-state index in [1.807, 2.05) is 54.6 Å². The van der Waals surface area contributed by atoms with Gasteiger partial charge in [0.15, 0.2) is 6.10 Å². The zero-order chi connectivity index (χ0) is 22.9. The predicted molar refractivity (Wildman–Crippen MR) is 127 cm³/mol. The molecule has 1 aliphatic rings. The van der Waals surface area contributed by atoms with Crippen molar-refractivity contribution in [2.24, 2.45) is 0 Å². The van der Waals surface area contributed by atoms with E-state index in [2.05, 4.69) is 26.1 Å². The molecule has 4 rings (SSSR count). The number of carbonyl (C=O) groups is 2. The van der Waals surface area contributed by atoms with Gasteiger partial charge in [-0.25, -0.2) is 0 Å². The molecule has 0 aliphatic carbocycles. The van der Waals surface area contributed by atoms with Crippen LogP contribution in [0.5, 0.6) is 5.75 Å². The number of nitrogens with one attached hydrogen (secondary N) is 1. The smallest absolute Gasteiger partial charge is 0.268 e. The average molecular weight is 429 g/mol. The SMILES string of the molecule is CC1Oc2ccc(NC(=O)c3ccc(C(C)(C)C)cc3)cc2N(Cc2ccccc2)C1=O. The highest BCUT2D eigenvalue weighted by Gasteiger charge is 2.31. The van der Waals surface area contributed by atoms with Gasteiger partial charge >= 0.3 is 0 Å². The Bertz CT molecular complexity index is 1130. The van der Waals surface area contributed by atoms with Gasteiger partial charge in [-0.3, -0.25) is 9.59 Å². The van der Waals surface area contributed by atoms with Crippen LogP contribution in [0.1, 0.15) is 49.2 Å². The number of fused-ring (bicyclic) bond motifs is 1. The van der Waals surface area contributed by atoms with Crippen molar-refractivity contribution in [1.82, 2.24) is 0 Å². The van der Waals surface area contributed by atoms with Crippen molar-refractivity contribution in [3.05, 3.63) is 89.5 Å². The number of rotatable bonds is 4. The molecule has 3 aromatic rings. The van der Waals surface area contributed by atoms with Gasteiger partial charge in [0.2, 0.25) is 0 Å². The molecule has 5 nitrogen and oxygen atoms in total. The van der Waals surface area contributed by atoms with Gasteiger partial charge in [-0.15, -0.1) is 0 Å². The molecule has 1 heterocycles. The summed E-state index contributed by atoms with van der Waals surface area (Å²) in [6.07, 6.45) is -0.562. The van der Waals surface area contributed by atoms with Crippen LogP contribution in [0.3, 0.4) is 0 Å². The van der Waals surface area contributed by atoms with Gasteiger partial charge in [-0.05, 0) is 53.8 Å². The van der Waals surface area contributed by atoms with Gasteiger partial charge in [0.05, 0.1) is 12.2 Å². The highest BCUT2D eigenvalue weighted by atomic mass is 16.5. The maximum Gasteiger partial charge on any atom is 0.268 e. The molecule has 0 radical (unpaired) electrons. The summed E-state index contributed by atoms with van der Waals surface area (Å²) in [6, 6.07) is 22.9. The largest absolute Gasteiger partial charge is 0.479 e. The third-order valence-corrected chi connectivity index (χ3v) is 5.62. The van der Waals surface area contributed by atoms with Gasteiger partial charge in [0.1, 0.15) is 5.75 Å². The maximum absolute atomic E-state index is 12.9. The number of amides is 2. The minimum Gasteiger partial charge on any atom is -0.479 e. The number of nitrogens with zero attached hydrogens (tertiary/aromatic N) is 1. The van der Waals surface area contributed by atoms with Crippen molar-refractivity contribution in [1.29, 1.82) is 0 Å². The number of ether oxygens (including phenoxy) is 1. The average Bonchev–Trinajstić information content (AvgIpc) is 2.77. The van der Waals surface area contributed by atoms with E-state index >= 15 is 0 Å². The van der Waals surface area contributed by atoms with Crippen molar-refractivity contribution in [2.75, 3.05) is 10.2 Å². The molecular weight excluding hydrogens is 400 g/mol. The standard InChI is InChI=1S/C27H28N2O3/c1-18-26(31)29(17-19-8-6-5-7-9-19)23-16-22(14-15-24(23)32-18)28-25(30)20-10-12-21(13-11-20)27(2,3)4/h5-16,18H,17H2,1-4H3,(H,28,30). The summed E-state index contributed by atoms with van der Waals surface area (Å²) in [7, 11) is 0. The Labute approximate surface area is 189 Å². The molecule has 1 N–H and O–H groups in total. The fraction of sp³-hybridized carbons (Fsp3) is 0.259. The summed E-state index contributed by atoms with van der Waals surface area (Å²) in [4.78, 5) is 27.4. The van der Waals surface area contributed by atoms with Crippen molar-refractivity contribution in [3.63, 3.8) is 0 Å². The summed E-state index contributed by atoms with van der Waals surface area (Å²) in [5.74, 6) is 0.319. The molecule has 1 aliphatic heterocycles. The third kappa shape index (κ3) is 4.52. The summed E-state index contributed by atoms with van der Waals surface area (Å²) in [5.41, 5.74) is 4.06. The quantitative estimate of drug-likeness (QED) is 0.593. The molecule has 0 fully saturated rings. The van der Waals surface area contributed by atoms with Crippen LogP contribution >= 0.6 is 0 Å². The van der Waals surface area contributed by atoms with E-state index in [0.29, 0.717) is 29.2 Å². The Morgan fingerprint density at radius 3 is 2.34 bits per heavy atom. The first-order valence-corrected chi connectivity index (χ1v) is 10.8. The molecule has 1 atom stereocenters. The molecule has 1 unspecified atom stereocenters. The summed E-state index contributed by atoms with van der Waals surface area (Å²) in [6.45, 7) is 8.61. The zero-order valence-corrected chi connectivity index (χ0v) is 18.9. The van der Waals surface area contributed by atoms with Crippen LogP contribution in [0.4, 0.5) is 11.4 Å². The summed E-state index contributed by atoms with van der Waals surface area (Å²) in [5, 5.41) is 2.94. The first kappa shape index (κ1) is 21.6. The molecule has 3 aromatic carbocycles. The molecule has 32 heavy (non-hydrogen) atoms.